The topological polar surface area (TPSA) is 105 Å². The van der Waals surface area contributed by atoms with Crippen molar-refractivity contribution in [2.24, 2.45) is 0 Å². The van der Waals surface area contributed by atoms with Gasteiger partial charge in [0.25, 0.3) is 15.9 Å². The van der Waals surface area contributed by atoms with E-state index >= 15 is 0 Å². The Balaban J connectivity index is 1.62. The minimum absolute atomic E-state index is 0.0464. The first-order chi connectivity index (χ1) is 15.7. The molecule has 4 rings (SSSR count). The number of ether oxygens (including phenoxy) is 1. The van der Waals surface area contributed by atoms with Gasteiger partial charge in [0.1, 0.15) is 5.82 Å². The molecule has 0 spiro atoms. The summed E-state index contributed by atoms with van der Waals surface area (Å²) in [4.78, 5) is 24.1. The van der Waals surface area contributed by atoms with Crippen LogP contribution in [0.1, 0.15) is 26.3 Å². The number of fused-ring (bicyclic) bond motifs is 1. The third-order valence-electron chi connectivity index (χ3n) is 4.98. The van der Waals surface area contributed by atoms with Gasteiger partial charge < -0.3 is 10.1 Å². The summed E-state index contributed by atoms with van der Waals surface area (Å²) in [5, 5.41) is 2.50. The van der Waals surface area contributed by atoms with E-state index in [0.717, 1.165) is 10.5 Å². The standard InChI is InChI=1S/C22H17ClFN3O5S/c1-32-22(29)13-6-9-16(10-7-13)33(30,31)27-19-11-15(8-5-14(19)12-25-27)26-21(28)20-17(23)3-2-4-18(20)24/h2-11,25H,12H2,1H3,(H,26,28). The maximum absolute atomic E-state index is 14.1. The van der Waals surface area contributed by atoms with Crippen molar-refractivity contribution < 1.29 is 27.1 Å². The van der Waals surface area contributed by atoms with Gasteiger partial charge in [-0.2, -0.15) is 12.8 Å². The molecular weight excluding hydrogens is 473 g/mol. The molecule has 11 heteroatoms. The van der Waals surface area contributed by atoms with Crippen molar-refractivity contribution in [2.75, 3.05) is 16.8 Å². The van der Waals surface area contributed by atoms with Crippen LogP contribution in [-0.2, 0) is 21.3 Å². The lowest BCUT2D eigenvalue weighted by atomic mass is 10.1. The molecule has 0 saturated heterocycles. The van der Waals surface area contributed by atoms with Crippen molar-refractivity contribution in [1.29, 1.82) is 0 Å². The number of hydrazine groups is 1. The van der Waals surface area contributed by atoms with Crippen LogP contribution in [-0.4, -0.2) is 27.4 Å². The SMILES string of the molecule is COC(=O)c1ccc(S(=O)(=O)N2NCc3ccc(NC(=O)c4c(F)cccc4Cl)cc32)cc1. The second-order valence-electron chi connectivity index (χ2n) is 7.01. The molecule has 3 aromatic carbocycles. The number of rotatable bonds is 5. The Bertz CT molecular complexity index is 1340. The van der Waals surface area contributed by atoms with Gasteiger partial charge in [0.2, 0.25) is 0 Å². The summed E-state index contributed by atoms with van der Waals surface area (Å²) in [6, 6.07) is 13.9. The number of hydrogen-bond acceptors (Lipinski definition) is 6. The highest BCUT2D eigenvalue weighted by molar-refractivity contribution is 7.92. The summed E-state index contributed by atoms with van der Waals surface area (Å²) in [5.74, 6) is -2.13. The molecule has 1 heterocycles. The van der Waals surface area contributed by atoms with Gasteiger partial charge in [-0.1, -0.05) is 23.7 Å². The fraction of sp³-hybridized carbons (Fsp3) is 0.0909. The van der Waals surface area contributed by atoms with Crippen LogP contribution in [0, 0.1) is 5.82 Å². The van der Waals surface area contributed by atoms with Crippen LogP contribution in [0.4, 0.5) is 15.8 Å². The maximum atomic E-state index is 14.1. The van der Waals surface area contributed by atoms with E-state index < -0.39 is 27.7 Å². The maximum Gasteiger partial charge on any atom is 0.337 e. The van der Waals surface area contributed by atoms with Crippen molar-refractivity contribution in [2.45, 2.75) is 11.4 Å². The van der Waals surface area contributed by atoms with E-state index in [1.165, 1.54) is 49.6 Å². The molecule has 1 amide bonds. The summed E-state index contributed by atoms with van der Waals surface area (Å²) >= 11 is 5.95. The second-order valence-corrected chi connectivity index (χ2v) is 9.21. The smallest absolute Gasteiger partial charge is 0.337 e. The van der Waals surface area contributed by atoms with Crippen LogP contribution < -0.4 is 15.2 Å². The van der Waals surface area contributed by atoms with E-state index in [0.29, 0.717) is 11.3 Å². The Morgan fingerprint density at radius 2 is 1.85 bits per heavy atom. The molecule has 2 N–H and O–H groups in total. The zero-order valence-electron chi connectivity index (χ0n) is 17.1. The highest BCUT2D eigenvalue weighted by Gasteiger charge is 2.31. The molecule has 0 aromatic heterocycles. The van der Waals surface area contributed by atoms with Gasteiger partial charge in [-0.05, 0) is 54.1 Å². The van der Waals surface area contributed by atoms with Crippen molar-refractivity contribution in [3.05, 3.63) is 88.2 Å². The molecule has 0 saturated carbocycles. The lowest BCUT2D eigenvalue weighted by Gasteiger charge is -2.20. The third kappa shape index (κ3) is 4.28. The predicted octanol–water partition coefficient (Wildman–Crippen LogP) is 3.73. The quantitative estimate of drug-likeness (QED) is 0.529. The zero-order chi connectivity index (χ0) is 23.8. The number of anilines is 2. The van der Waals surface area contributed by atoms with Crippen molar-refractivity contribution in [3.63, 3.8) is 0 Å². The van der Waals surface area contributed by atoms with Gasteiger partial charge in [-0.25, -0.2) is 14.6 Å². The van der Waals surface area contributed by atoms with E-state index in [1.54, 1.807) is 12.1 Å². The average molecular weight is 490 g/mol. The number of amides is 1. The first-order valence-electron chi connectivity index (χ1n) is 9.58. The second kappa shape index (κ2) is 8.81. The van der Waals surface area contributed by atoms with Crippen LogP contribution >= 0.6 is 11.6 Å². The minimum Gasteiger partial charge on any atom is -0.465 e. The highest BCUT2D eigenvalue weighted by Crippen LogP contribution is 2.33. The molecule has 1 aliphatic heterocycles. The molecule has 0 fully saturated rings. The summed E-state index contributed by atoms with van der Waals surface area (Å²) < 4.78 is 46.0. The van der Waals surface area contributed by atoms with E-state index in [4.69, 9.17) is 11.6 Å². The van der Waals surface area contributed by atoms with E-state index in [2.05, 4.69) is 15.5 Å². The predicted molar refractivity (Wildman–Crippen MR) is 120 cm³/mol. The number of carbonyl (C=O) groups excluding carboxylic acids is 2. The first-order valence-corrected chi connectivity index (χ1v) is 11.4. The molecule has 170 valence electrons. The lowest BCUT2D eigenvalue weighted by Crippen LogP contribution is -2.38. The normalized spacial score (nSPS) is 12.9. The van der Waals surface area contributed by atoms with Gasteiger partial charge in [0, 0.05) is 12.2 Å². The van der Waals surface area contributed by atoms with Crippen molar-refractivity contribution >= 4 is 44.9 Å². The fourth-order valence-electron chi connectivity index (χ4n) is 3.33. The molecule has 0 radical (unpaired) electrons. The molecule has 8 nitrogen and oxygen atoms in total. The molecule has 0 atom stereocenters. The summed E-state index contributed by atoms with van der Waals surface area (Å²) in [6.07, 6.45) is 0. The van der Waals surface area contributed by atoms with Crippen LogP contribution in [0.25, 0.3) is 0 Å². The average Bonchev–Trinajstić information content (AvgIpc) is 3.22. The molecule has 0 aliphatic carbocycles. The van der Waals surface area contributed by atoms with Gasteiger partial charge in [0.15, 0.2) is 0 Å². The number of carbonyl (C=O) groups is 2. The number of sulfonamides is 1. The first kappa shape index (κ1) is 22.7. The number of benzene rings is 3. The lowest BCUT2D eigenvalue weighted by molar-refractivity contribution is 0.0600. The Morgan fingerprint density at radius 3 is 2.52 bits per heavy atom. The van der Waals surface area contributed by atoms with Gasteiger partial charge >= 0.3 is 5.97 Å². The van der Waals surface area contributed by atoms with Gasteiger partial charge in [0.05, 0.1) is 33.8 Å². The molecule has 0 bridgehead atoms. The Morgan fingerprint density at radius 1 is 1.12 bits per heavy atom. The molecule has 0 unspecified atom stereocenters. The minimum atomic E-state index is -4.04. The Kier molecular flexibility index (Phi) is 6.07. The van der Waals surface area contributed by atoms with Crippen LogP contribution in [0.3, 0.4) is 0 Å². The van der Waals surface area contributed by atoms with Crippen LogP contribution in [0.2, 0.25) is 5.02 Å². The number of nitrogens with zero attached hydrogens (tertiary/aromatic N) is 1. The molecule has 33 heavy (non-hydrogen) atoms. The summed E-state index contributed by atoms with van der Waals surface area (Å²) in [6.45, 7) is 0.238. The Labute approximate surface area is 193 Å². The zero-order valence-corrected chi connectivity index (χ0v) is 18.7. The number of methoxy groups -OCH3 is 1. The van der Waals surface area contributed by atoms with Crippen molar-refractivity contribution in [3.8, 4) is 0 Å². The highest BCUT2D eigenvalue weighted by atomic mass is 35.5. The number of nitrogens with one attached hydrogen (secondary N) is 2. The third-order valence-corrected chi connectivity index (χ3v) is 6.97. The molecule has 1 aliphatic rings. The van der Waals surface area contributed by atoms with Crippen LogP contribution in [0.5, 0.6) is 0 Å². The van der Waals surface area contributed by atoms with Gasteiger partial charge in [-0.3, -0.25) is 4.79 Å². The largest absolute Gasteiger partial charge is 0.465 e. The summed E-state index contributed by atoms with van der Waals surface area (Å²) in [5.41, 5.74) is 3.92. The molecule has 3 aromatic rings. The Hall–Kier alpha value is -3.47. The van der Waals surface area contributed by atoms with E-state index in [-0.39, 0.29) is 33.3 Å². The van der Waals surface area contributed by atoms with Crippen molar-refractivity contribution in [1.82, 2.24) is 5.43 Å². The monoisotopic (exact) mass is 489 g/mol. The number of esters is 1. The van der Waals surface area contributed by atoms with Gasteiger partial charge in [-0.15, -0.1) is 0 Å². The number of hydrogen-bond donors (Lipinski definition) is 2. The number of halogens is 2. The van der Waals surface area contributed by atoms with Crippen LogP contribution in [0.15, 0.2) is 65.6 Å². The molecular formula is C22H17ClFN3O5S. The van der Waals surface area contributed by atoms with E-state index in [9.17, 15) is 22.4 Å². The van der Waals surface area contributed by atoms with E-state index in [1.807, 2.05) is 0 Å². The fourth-order valence-corrected chi connectivity index (χ4v) is 4.93. The summed E-state index contributed by atoms with van der Waals surface area (Å²) in [7, 11) is -2.81.